The highest BCUT2D eigenvalue weighted by molar-refractivity contribution is 5.36. The van der Waals surface area contributed by atoms with Crippen molar-refractivity contribution in [2.24, 2.45) is 5.92 Å². The Labute approximate surface area is 127 Å². The summed E-state index contributed by atoms with van der Waals surface area (Å²) in [6.45, 7) is 4.98. The second-order valence-electron chi connectivity index (χ2n) is 5.73. The van der Waals surface area contributed by atoms with Crippen molar-refractivity contribution in [3.8, 4) is 6.01 Å². The van der Waals surface area contributed by atoms with Crippen molar-refractivity contribution >= 4 is 11.9 Å². The molecule has 0 spiro atoms. The van der Waals surface area contributed by atoms with E-state index < -0.39 is 0 Å². The second kappa shape index (κ2) is 8.00. The Kier molecular flexibility index (Phi) is 6.02. The van der Waals surface area contributed by atoms with Gasteiger partial charge in [-0.25, -0.2) is 0 Å². The van der Waals surface area contributed by atoms with Gasteiger partial charge in [-0.1, -0.05) is 33.1 Å². The Hall–Kier alpha value is -1.59. The summed E-state index contributed by atoms with van der Waals surface area (Å²) >= 11 is 0. The van der Waals surface area contributed by atoms with Crippen molar-refractivity contribution < 1.29 is 4.74 Å². The van der Waals surface area contributed by atoms with Crippen LogP contribution in [0.3, 0.4) is 0 Å². The molecule has 1 heterocycles. The minimum atomic E-state index is 0.389. The Morgan fingerprint density at radius 3 is 2.62 bits per heavy atom. The summed E-state index contributed by atoms with van der Waals surface area (Å²) < 4.78 is 5.54. The Morgan fingerprint density at radius 1 is 1.10 bits per heavy atom. The maximum absolute atomic E-state index is 5.54. The minimum Gasteiger partial charge on any atom is -0.463 e. The first kappa shape index (κ1) is 15.8. The zero-order valence-corrected chi connectivity index (χ0v) is 13.4. The van der Waals surface area contributed by atoms with Gasteiger partial charge in [-0.15, -0.1) is 0 Å². The lowest BCUT2D eigenvalue weighted by Gasteiger charge is -2.23. The Morgan fingerprint density at radius 2 is 1.86 bits per heavy atom. The highest BCUT2D eigenvalue weighted by atomic mass is 16.5. The van der Waals surface area contributed by atoms with Crippen LogP contribution in [0.1, 0.15) is 52.4 Å². The van der Waals surface area contributed by atoms with E-state index in [1.54, 1.807) is 7.05 Å². The number of nitrogens with one attached hydrogen (secondary N) is 2. The van der Waals surface area contributed by atoms with Gasteiger partial charge in [-0.3, -0.25) is 0 Å². The van der Waals surface area contributed by atoms with Gasteiger partial charge in [-0.05, 0) is 25.2 Å². The van der Waals surface area contributed by atoms with Crippen LogP contribution in [-0.2, 0) is 0 Å². The van der Waals surface area contributed by atoms with Gasteiger partial charge >= 0.3 is 6.01 Å². The van der Waals surface area contributed by atoms with Gasteiger partial charge in [-0.2, -0.15) is 15.0 Å². The predicted octanol–water partition coefficient (Wildman–Crippen LogP) is 3.08. The average Bonchev–Trinajstić information content (AvgIpc) is 2.70. The van der Waals surface area contributed by atoms with E-state index in [1.807, 2.05) is 0 Å². The molecule has 1 aromatic heterocycles. The van der Waals surface area contributed by atoms with Crippen LogP contribution in [-0.4, -0.2) is 34.6 Å². The van der Waals surface area contributed by atoms with Gasteiger partial charge in [0.2, 0.25) is 11.9 Å². The summed E-state index contributed by atoms with van der Waals surface area (Å²) in [6.07, 6.45) is 7.29. The molecule has 2 rings (SSSR count). The first-order chi connectivity index (χ1) is 10.2. The molecule has 0 aliphatic heterocycles. The molecular formula is C15H27N5O. The van der Waals surface area contributed by atoms with Crippen molar-refractivity contribution in [1.29, 1.82) is 0 Å². The molecule has 0 amide bonds. The quantitative estimate of drug-likeness (QED) is 0.785. The SMILES string of the molecule is CCCOc1nc(NC)nc(NC2CCCCCC2C)n1. The van der Waals surface area contributed by atoms with Gasteiger partial charge in [0.05, 0.1) is 6.61 Å². The maximum atomic E-state index is 5.54. The van der Waals surface area contributed by atoms with Crippen LogP contribution >= 0.6 is 0 Å². The molecule has 1 aromatic rings. The van der Waals surface area contributed by atoms with Crippen molar-refractivity contribution in [3.63, 3.8) is 0 Å². The van der Waals surface area contributed by atoms with Crippen LogP contribution in [0.15, 0.2) is 0 Å². The topological polar surface area (TPSA) is 72.0 Å². The van der Waals surface area contributed by atoms with Gasteiger partial charge in [0.1, 0.15) is 0 Å². The molecule has 2 unspecified atom stereocenters. The third kappa shape index (κ3) is 4.72. The maximum Gasteiger partial charge on any atom is 0.323 e. The molecule has 1 aliphatic rings. The predicted molar refractivity (Wildman–Crippen MR) is 84.8 cm³/mol. The first-order valence-corrected chi connectivity index (χ1v) is 8.06. The van der Waals surface area contributed by atoms with E-state index in [2.05, 4.69) is 39.4 Å². The van der Waals surface area contributed by atoms with Crippen LogP contribution in [0.5, 0.6) is 6.01 Å². The molecule has 6 heteroatoms. The summed E-state index contributed by atoms with van der Waals surface area (Å²) in [4.78, 5) is 13.0. The molecule has 0 bridgehead atoms. The summed E-state index contributed by atoms with van der Waals surface area (Å²) in [5.74, 6) is 1.79. The molecule has 1 saturated carbocycles. The van der Waals surface area contributed by atoms with Crippen LogP contribution < -0.4 is 15.4 Å². The number of aromatic nitrogens is 3. The lowest BCUT2D eigenvalue weighted by atomic mass is 9.97. The van der Waals surface area contributed by atoms with E-state index in [-0.39, 0.29) is 0 Å². The molecule has 6 nitrogen and oxygen atoms in total. The standard InChI is InChI=1S/C15H27N5O/c1-4-10-21-15-19-13(16-3)18-14(20-15)17-12-9-7-5-6-8-11(12)2/h11-12H,4-10H2,1-3H3,(H2,16,17,18,19,20). The van der Waals surface area contributed by atoms with E-state index in [1.165, 1.54) is 32.1 Å². The fourth-order valence-electron chi connectivity index (χ4n) is 2.66. The van der Waals surface area contributed by atoms with Crippen LogP contribution in [0.2, 0.25) is 0 Å². The zero-order chi connectivity index (χ0) is 15.1. The molecular weight excluding hydrogens is 266 g/mol. The molecule has 118 valence electrons. The van der Waals surface area contributed by atoms with Gasteiger partial charge in [0.15, 0.2) is 0 Å². The molecule has 2 N–H and O–H groups in total. The third-order valence-electron chi connectivity index (χ3n) is 3.95. The molecule has 2 atom stereocenters. The van der Waals surface area contributed by atoms with Gasteiger partial charge in [0.25, 0.3) is 0 Å². The van der Waals surface area contributed by atoms with E-state index in [4.69, 9.17) is 4.74 Å². The number of ether oxygens (including phenoxy) is 1. The van der Waals surface area contributed by atoms with Crippen LogP contribution in [0, 0.1) is 5.92 Å². The van der Waals surface area contributed by atoms with Crippen molar-refractivity contribution in [2.75, 3.05) is 24.3 Å². The number of rotatable bonds is 6. The zero-order valence-electron chi connectivity index (χ0n) is 13.4. The summed E-state index contributed by atoms with van der Waals surface area (Å²) in [5.41, 5.74) is 0. The van der Waals surface area contributed by atoms with Crippen molar-refractivity contribution in [3.05, 3.63) is 0 Å². The van der Waals surface area contributed by atoms with E-state index in [9.17, 15) is 0 Å². The first-order valence-electron chi connectivity index (χ1n) is 8.06. The van der Waals surface area contributed by atoms with Crippen LogP contribution in [0.4, 0.5) is 11.9 Å². The summed E-state index contributed by atoms with van der Waals surface area (Å²) in [6, 6.07) is 0.818. The highest BCUT2D eigenvalue weighted by Gasteiger charge is 2.21. The normalized spacial score (nSPS) is 22.4. The number of anilines is 2. The van der Waals surface area contributed by atoms with Gasteiger partial charge in [0, 0.05) is 13.1 Å². The number of nitrogens with zero attached hydrogens (tertiary/aromatic N) is 3. The van der Waals surface area contributed by atoms with Crippen molar-refractivity contribution in [1.82, 2.24) is 15.0 Å². The highest BCUT2D eigenvalue weighted by Crippen LogP contribution is 2.25. The number of hydrogen-bond acceptors (Lipinski definition) is 6. The van der Waals surface area contributed by atoms with E-state index in [0.717, 1.165) is 6.42 Å². The smallest absolute Gasteiger partial charge is 0.323 e. The molecule has 0 saturated heterocycles. The Bertz CT molecular complexity index is 440. The summed E-state index contributed by atoms with van der Waals surface area (Å²) in [7, 11) is 1.80. The molecule has 21 heavy (non-hydrogen) atoms. The lowest BCUT2D eigenvalue weighted by Crippen LogP contribution is -2.27. The lowest BCUT2D eigenvalue weighted by molar-refractivity contribution is 0.292. The number of hydrogen-bond donors (Lipinski definition) is 2. The van der Waals surface area contributed by atoms with E-state index >= 15 is 0 Å². The second-order valence-corrected chi connectivity index (χ2v) is 5.73. The molecule has 0 aromatic carbocycles. The van der Waals surface area contributed by atoms with E-state index in [0.29, 0.717) is 36.5 Å². The average molecular weight is 293 g/mol. The van der Waals surface area contributed by atoms with Crippen molar-refractivity contribution in [2.45, 2.75) is 58.4 Å². The monoisotopic (exact) mass is 293 g/mol. The largest absolute Gasteiger partial charge is 0.463 e. The molecule has 0 radical (unpaired) electrons. The minimum absolute atomic E-state index is 0.389. The fourth-order valence-corrected chi connectivity index (χ4v) is 2.66. The summed E-state index contributed by atoms with van der Waals surface area (Å²) in [5, 5.41) is 6.44. The Balaban J connectivity index is 2.09. The molecule has 1 fully saturated rings. The fraction of sp³-hybridized carbons (Fsp3) is 0.800. The molecule has 1 aliphatic carbocycles. The van der Waals surface area contributed by atoms with Gasteiger partial charge < -0.3 is 15.4 Å². The third-order valence-corrected chi connectivity index (χ3v) is 3.95. The van der Waals surface area contributed by atoms with Crippen LogP contribution in [0.25, 0.3) is 0 Å².